The fraction of sp³-hybridized carbons (Fsp3) is 0.857. The molecule has 1 spiro atoms. The number of rotatable bonds is 2. The van der Waals surface area contributed by atoms with Gasteiger partial charge in [0.1, 0.15) is 0 Å². The van der Waals surface area contributed by atoms with Gasteiger partial charge in [0, 0.05) is 12.6 Å². The number of thioether (sulfide) groups is 1. The molecule has 1 N–H and O–H groups in total. The molecule has 0 amide bonds. The SMILES string of the molecule is C#CC(C)(C)NC1CCOC2(CCSCC2)C1. The molecule has 1 atom stereocenters. The van der Waals surface area contributed by atoms with Crippen molar-refractivity contribution in [3.05, 3.63) is 0 Å². The van der Waals surface area contributed by atoms with Crippen molar-refractivity contribution in [2.75, 3.05) is 18.1 Å². The Morgan fingerprint density at radius 1 is 1.41 bits per heavy atom. The van der Waals surface area contributed by atoms with Gasteiger partial charge in [0.05, 0.1) is 11.1 Å². The lowest BCUT2D eigenvalue weighted by molar-refractivity contribution is -0.0947. The summed E-state index contributed by atoms with van der Waals surface area (Å²) in [6.07, 6.45) is 10.2. The molecule has 0 radical (unpaired) electrons. The van der Waals surface area contributed by atoms with Crippen molar-refractivity contribution in [2.24, 2.45) is 0 Å². The molecule has 0 aromatic rings. The smallest absolute Gasteiger partial charge is 0.0743 e. The van der Waals surface area contributed by atoms with Crippen LogP contribution in [0.4, 0.5) is 0 Å². The zero-order valence-electron chi connectivity index (χ0n) is 10.9. The predicted molar refractivity (Wildman–Crippen MR) is 74.3 cm³/mol. The molecule has 0 aromatic carbocycles. The second-order valence-corrected chi connectivity index (χ2v) is 6.97. The Morgan fingerprint density at radius 3 is 2.76 bits per heavy atom. The van der Waals surface area contributed by atoms with E-state index in [1.165, 1.54) is 24.3 Å². The molecular weight excluding hydrogens is 230 g/mol. The summed E-state index contributed by atoms with van der Waals surface area (Å²) in [7, 11) is 0. The van der Waals surface area contributed by atoms with E-state index in [4.69, 9.17) is 11.2 Å². The Bertz CT molecular complexity index is 296. The summed E-state index contributed by atoms with van der Waals surface area (Å²) in [4.78, 5) is 0. The van der Waals surface area contributed by atoms with Gasteiger partial charge in [0.15, 0.2) is 0 Å². The molecule has 2 rings (SSSR count). The van der Waals surface area contributed by atoms with Gasteiger partial charge in [-0.25, -0.2) is 0 Å². The second-order valence-electron chi connectivity index (χ2n) is 5.75. The van der Waals surface area contributed by atoms with E-state index in [-0.39, 0.29) is 11.1 Å². The van der Waals surface area contributed by atoms with Crippen molar-refractivity contribution in [1.29, 1.82) is 0 Å². The maximum Gasteiger partial charge on any atom is 0.0743 e. The van der Waals surface area contributed by atoms with E-state index in [9.17, 15) is 0 Å². The first kappa shape index (κ1) is 13.3. The first-order chi connectivity index (χ1) is 8.05. The third kappa shape index (κ3) is 3.40. The normalized spacial score (nSPS) is 28.9. The van der Waals surface area contributed by atoms with Crippen molar-refractivity contribution < 1.29 is 4.74 Å². The highest BCUT2D eigenvalue weighted by Gasteiger charge is 2.39. The van der Waals surface area contributed by atoms with Crippen LogP contribution < -0.4 is 5.32 Å². The van der Waals surface area contributed by atoms with Crippen LogP contribution in [0.1, 0.15) is 39.5 Å². The summed E-state index contributed by atoms with van der Waals surface area (Å²) in [5.74, 6) is 5.31. The molecular formula is C14H23NOS. The molecule has 2 nitrogen and oxygen atoms in total. The summed E-state index contributed by atoms with van der Waals surface area (Å²) in [5.41, 5.74) is -0.0571. The van der Waals surface area contributed by atoms with Crippen molar-refractivity contribution in [3.8, 4) is 12.3 Å². The van der Waals surface area contributed by atoms with E-state index in [0.717, 1.165) is 19.4 Å². The molecule has 2 fully saturated rings. The summed E-state index contributed by atoms with van der Waals surface area (Å²) in [5, 5.41) is 3.59. The summed E-state index contributed by atoms with van der Waals surface area (Å²) >= 11 is 2.05. The maximum atomic E-state index is 6.08. The third-order valence-corrected chi connectivity index (χ3v) is 4.81. The molecule has 17 heavy (non-hydrogen) atoms. The molecule has 1 unspecified atom stereocenters. The van der Waals surface area contributed by atoms with Crippen molar-refractivity contribution in [1.82, 2.24) is 5.32 Å². The zero-order valence-corrected chi connectivity index (χ0v) is 11.7. The molecule has 2 aliphatic rings. The van der Waals surface area contributed by atoms with Crippen LogP contribution in [0.15, 0.2) is 0 Å². The molecule has 0 bridgehead atoms. The Morgan fingerprint density at radius 2 is 2.12 bits per heavy atom. The van der Waals surface area contributed by atoms with Crippen LogP contribution in [0.3, 0.4) is 0 Å². The van der Waals surface area contributed by atoms with Gasteiger partial charge in [-0.15, -0.1) is 6.42 Å². The molecule has 0 saturated carbocycles. The van der Waals surface area contributed by atoms with Crippen LogP contribution in [0.25, 0.3) is 0 Å². The highest BCUT2D eigenvalue weighted by Crippen LogP contribution is 2.37. The number of hydrogen-bond donors (Lipinski definition) is 1. The van der Waals surface area contributed by atoms with E-state index < -0.39 is 0 Å². The molecule has 96 valence electrons. The first-order valence-corrected chi connectivity index (χ1v) is 7.68. The average Bonchev–Trinajstić information content (AvgIpc) is 2.29. The molecule has 2 aliphatic heterocycles. The number of nitrogens with one attached hydrogen (secondary N) is 1. The lowest BCUT2D eigenvalue weighted by Crippen LogP contribution is -2.53. The average molecular weight is 253 g/mol. The standard InChI is InChI=1S/C14H23NOS/c1-4-13(2,3)15-12-5-8-16-14(11-12)6-9-17-10-7-14/h1,12,15H,5-11H2,2-3H3. The highest BCUT2D eigenvalue weighted by atomic mass is 32.2. The molecule has 2 saturated heterocycles. The van der Waals surface area contributed by atoms with Crippen LogP contribution in [-0.2, 0) is 4.74 Å². The predicted octanol–water partition coefficient (Wildman–Crippen LogP) is 2.43. The summed E-state index contributed by atoms with van der Waals surface area (Å²) < 4.78 is 6.08. The molecule has 3 heteroatoms. The summed E-state index contributed by atoms with van der Waals surface area (Å²) in [6, 6.07) is 0.512. The van der Waals surface area contributed by atoms with Crippen molar-refractivity contribution in [2.45, 2.75) is 56.7 Å². The van der Waals surface area contributed by atoms with Gasteiger partial charge in [0.25, 0.3) is 0 Å². The first-order valence-electron chi connectivity index (χ1n) is 6.52. The van der Waals surface area contributed by atoms with E-state index in [1.807, 2.05) is 11.8 Å². The van der Waals surface area contributed by atoms with Crippen LogP contribution in [0.2, 0.25) is 0 Å². The minimum Gasteiger partial charge on any atom is -0.375 e. The van der Waals surface area contributed by atoms with Crippen molar-refractivity contribution in [3.63, 3.8) is 0 Å². The Balaban J connectivity index is 1.95. The van der Waals surface area contributed by atoms with Crippen LogP contribution in [0, 0.1) is 12.3 Å². The van der Waals surface area contributed by atoms with E-state index in [2.05, 4.69) is 25.1 Å². The Hall–Kier alpha value is -0.170. The van der Waals surface area contributed by atoms with Gasteiger partial charge >= 0.3 is 0 Å². The van der Waals surface area contributed by atoms with Crippen LogP contribution in [0.5, 0.6) is 0 Å². The number of hydrogen-bond acceptors (Lipinski definition) is 3. The minimum absolute atomic E-state index is 0.145. The van der Waals surface area contributed by atoms with Gasteiger partial charge in [-0.2, -0.15) is 11.8 Å². The third-order valence-electron chi connectivity index (χ3n) is 3.82. The minimum atomic E-state index is -0.202. The van der Waals surface area contributed by atoms with E-state index >= 15 is 0 Å². The second kappa shape index (κ2) is 5.22. The lowest BCUT2D eigenvalue weighted by Gasteiger charge is -2.44. The summed E-state index contributed by atoms with van der Waals surface area (Å²) in [6.45, 7) is 5.03. The fourth-order valence-electron chi connectivity index (χ4n) is 2.79. The number of ether oxygens (including phenoxy) is 1. The zero-order chi connectivity index (χ0) is 12.4. The van der Waals surface area contributed by atoms with Gasteiger partial charge in [-0.3, -0.25) is 5.32 Å². The van der Waals surface area contributed by atoms with E-state index in [1.54, 1.807) is 0 Å². The Labute approximate surface area is 109 Å². The largest absolute Gasteiger partial charge is 0.375 e. The van der Waals surface area contributed by atoms with Crippen molar-refractivity contribution >= 4 is 11.8 Å². The molecule has 2 heterocycles. The quantitative estimate of drug-likeness (QED) is 0.764. The van der Waals surface area contributed by atoms with Gasteiger partial charge in [0.2, 0.25) is 0 Å². The topological polar surface area (TPSA) is 21.3 Å². The van der Waals surface area contributed by atoms with Crippen LogP contribution in [-0.4, -0.2) is 35.3 Å². The Kier molecular flexibility index (Phi) is 4.07. The van der Waals surface area contributed by atoms with E-state index in [0.29, 0.717) is 6.04 Å². The van der Waals surface area contributed by atoms with Gasteiger partial charge in [-0.05, 0) is 51.0 Å². The fourth-order valence-corrected chi connectivity index (χ4v) is 4.03. The number of terminal acetylenes is 1. The van der Waals surface area contributed by atoms with Gasteiger partial charge < -0.3 is 4.74 Å². The van der Waals surface area contributed by atoms with Gasteiger partial charge in [-0.1, -0.05) is 5.92 Å². The van der Waals surface area contributed by atoms with Crippen LogP contribution >= 0.6 is 11.8 Å². The molecule has 0 aromatic heterocycles. The highest BCUT2D eigenvalue weighted by molar-refractivity contribution is 7.99. The lowest BCUT2D eigenvalue weighted by atomic mass is 9.84. The monoisotopic (exact) mass is 253 g/mol. The molecule has 0 aliphatic carbocycles. The maximum absolute atomic E-state index is 6.08.